The Morgan fingerprint density at radius 3 is 2.58 bits per heavy atom. The molecule has 1 aromatic rings. The molecule has 1 N–H and O–H groups in total. The van der Waals surface area contributed by atoms with Gasteiger partial charge in [0.2, 0.25) is 18.6 Å². The zero-order valence-corrected chi connectivity index (χ0v) is 15.5. The molecule has 0 saturated heterocycles. The van der Waals surface area contributed by atoms with Crippen molar-refractivity contribution in [2.45, 2.75) is 64.5 Å². The van der Waals surface area contributed by atoms with Crippen LogP contribution in [0.5, 0.6) is 11.5 Å². The molecule has 0 spiro atoms. The summed E-state index contributed by atoms with van der Waals surface area (Å²) >= 11 is 0. The maximum Gasteiger partial charge on any atom is 0.231 e. The highest BCUT2D eigenvalue weighted by Crippen LogP contribution is 2.32. The summed E-state index contributed by atoms with van der Waals surface area (Å²) in [7, 11) is 0. The Bertz CT molecular complexity index is 639. The number of carbonyl (C=O) groups is 2. The summed E-state index contributed by atoms with van der Waals surface area (Å²) < 4.78 is 10.6. The quantitative estimate of drug-likeness (QED) is 0.792. The molecule has 0 bridgehead atoms. The van der Waals surface area contributed by atoms with Crippen molar-refractivity contribution in [2.24, 2.45) is 0 Å². The molecule has 1 aliphatic carbocycles. The summed E-state index contributed by atoms with van der Waals surface area (Å²) in [6.45, 7) is 2.79. The number of fused-ring (bicyclic) bond motifs is 1. The van der Waals surface area contributed by atoms with Crippen LogP contribution in [0.15, 0.2) is 18.2 Å². The number of hydrogen-bond acceptors (Lipinski definition) is 4. The van der Waals surface area contributed by atoms with Gasteiger partial charge in [-0.1, -0.05) is 31.7 Å². The predicted molar refractivity (Wildman–Crippen MR) is 97.9 cm³/mol. The van der Waals surface area contributed by atoms with E-state index in [4.69, 9.17) is 9.47 Å². The van der Waals surface area contributed by atoms with Crippen molar-refractivity contribution in [3.8, 4) is 11.5 Å². The van der Waals surface area contributed by atoms with Gasteiger partial charge in [-0.15, -0.1) is 0 Å². The van der Waals surface area contributed by atoms with Gasteiger partial charge in [-0.2, -0.15) is 0 Å². The highest BCUT2D eigenvalue weighted by Gasteiger charge is 2.22. The van der Waals surface area contributed by atoms with Gasteiger partial charge in [0.15, 0.2) is 11.5 Å². The molecule has 2 amide bonds. The van der Waals surface area contributed by atoms with Crippen molar-refractivity contribution in [1.82, 2.24) is 10.2 Å². The van der Waals surface area contributed by atoms with Gasteiger partial charge in [0.1, 0.15) is 0 Å². The van der Waals surface area contributed by atoms with Crippen LogP contribution >= 0.6 is 0 Å². The van der Waals surface area contributed by atoms with Crippen LogP contribution in [0.3, 0.4) is 0 Å². The molecule has 1 fully saturated rings. The molecule has 1 heterocycles. The second-order valence-electron chi connectivity index (χ2n) is 7.07. The standard InChI is InChI=1S/C20H28N2O4/c1-15(23)22(17-6-4-2-3-5-7-17)11-10-20(24)21-13-16-8-9-18-19(12-16)26-14-25-18/h8-9,12,17H,2-7,10-11,13-14H2,1H3,(H,21,24). The molecular formula is C20H28N2O4. The topological polar surface area (TPSA) is 67.9 Å². The largest absolute Gasteiger partial charge is 0.454 e. The van der Waals surface area contributed by atoms with Gasteiger partial charge in [-0.05, 0) is 30.5 Å². The summed E-state index contributed by atoms with van der Waals surface area (Å²) in [5.41, 5.74) is 0.967. The lowest BCUT2D eigenvalue weighted by molar-refractivity contribution is -0.132. The molecule has 6 nitrogen and oxygen atoms in total. The number of ether oxygens (including phenoxy) is 2. The van der Waals surface area contributed by atoms with Gasteiger partial charge >= 0.3 is 0 Å². The predicted octanol–water partition coefficient (Wildman–Crippen LogP) is 2.99. The van der Waals surface area contributed by atoms with Gasteiger partial charge in [0.05, 0.1) is 0 Å². The fourth-order valence-corrected chi connectivity index (χ4v) is 3.73. The van der Waals surface area contributed by atoms with E-state index in [0.717, 1.165) is 24.2 Å². The van der Waals surface area contributed by atoms with Crippen LogP contribution in [0.2, 0.25) is 0 Å². The summed E-state index contributed by atoms with van der Waals surface area (Å²) in [6, 6.07) is 5.95. The van der Waals surface area contributed by atoms with Crippen LogP contribution in [-0.2, 0) is 16.1 Å². The monoisotopic (exact) mass is 360 g/mol. The Balaban J connectivity index is 1.46. The van der Waals surface area contributed by atoms with Gasteiger partial charge in [0, 0.05) is 32.5 Å². The van der Waals surface area contributed by atoms with Gasteiger partial charge < -0.3 is 19.7 Å². The molecule has 142 valence electrons. The van der Waals surface area contributed by atoms with Crippen LogP contribution in [0.4, 0.5) is 0 Å². The third kappa shape index (κ3) is 4.90. The fraction of sp³-hybridized carbons (Fsp3) is 0.600. The average molecular weight is 360 g/mol. The maximum absolute atomic E-state index is 12.2. The van der Waals surface area contributed by atoms with Crippen LogP contribution in [0, 0.1) is 0 Å². The minimum Gasteiger partial charge on any atom is -0.454 e. The highest BCUT2D eigenvalue weighted by atomic mass is 16.7. The normalized spacial score (nSPS) is 16.8. The number of hydrogen-bond donors (Lipinski definition) is 1. The number of nitrogens with zero attached hydrogens (tertiary/aromatic N) is 1. The molecule has 0 atom stereocenters. The second-order valence-corrected chi connectivity index (χ2v) is 7.07. The third-order valence-corrected chi connectivity index (χ3v) is 5.18. The van der Waals surface area contributed by atoms with E-state index >= 15 is 0 Å². The first-order chi connectivity index (χ1) is 12.6. The molecule has 0 unspecified atom stereocenters. The molecule has 1 saturated carbocycles. The molecular weight excluding hydrogens is 332 g/mol. The fourth-order valence-electron chi connectivity index (χ4n) is 3.73. The number of amides is 2. The smallest absolute Gasteiger partial charge is 0.231 e. The number of rotatable bonds is 6. The SMILES string of the molecule is CC(=O)N(CCC(=O)NCc1ccc2c(c1)OCO2)C1CCCCCC1. The minimum atomic E-state index is -0.0393. The Hall–Kier alpha value is -2.24. The number of nitrogens with one attached hydrogen (secondary N) is 1. The molecule has 1 aliphatic heterocycles. The lowest BCUT2D eigenvalue weighted by Crippen LogP contribution is -2.41. The van der Waals surface area contributed by atoms with Gasteiger partial charge in [-0.3, -0.25) is 9.59 Å². The zero-order chi connectivity index (χ0) is 18.4. The van der Waals surface area contributed by atoms with E-state index in [9.17, 15) is 9.59 Å². The first-order valence-electron chi connectivity index (χ1n) is 9.56. The lowest BCUT2D eigenvalue weighted by atomic mass is 10.1. The Morgan fingerprint density at radius 2 is 1.85 bits per heavy atom. The van der Waals surface area contributed by atoms with E-state index in [1.807, 2.05) is 23.1 Å². The van der Waals surface area contributed by atoms with Crippen LogP contribution < -0.4 is 14.8 Å². The molecule has 1 aromatic carbocycles. The van der Waals surface area contributed by atoms with E-state index in [-0.39, 0.29) is 24.6 Å². The van der Waals surface area contributed by atoms with E-state index < -0.39 is 0 Å². The molecule has 26 heavy (non-hydrogen) atoms. The summed E-state index contributed by atoms with van der Waals surface area (Å²) in [6.07, 6.45) is 7.28. The third-order valence-electron chi connectivity index (χ3n) is 5.18. The van der Waals surface area contributed by atoms with Crippen molar-refractivity contribution < 1.29 is 19.1 Å². The summed E-state index contributed by atoms with van der Waals surface area (Å²) in [4.78, 5) is 26.1. The molecule has 6 heteroatoms. The van der Waals surface area contributed by atoms with E-state index in [0.29, 0.717) is 25.3 Å². The number of benzene rings is 1. The zero-order valence-electron chi connectivity index (χ0n) is 15.5. The van der Waals surface area contributed by atoms with Gasteiger partial charge in [-0.25, -0.2) is 0 Å². The van der Waals surface area contributed by atoms with Crippen LogP contribution in [0.25, 0.3) is 0 Å². The first kappa shape index (κ1) is 18.5. The van der Waals surface area contributed by atoms with Crippen molar-refractivity contribution in [3.63, 3.8) is 0 Å². The summed E-state index contributed by atoms with van der Waals surface area (Å²) in [5.74, 6) is 1.48. The van der Waals surface area contributed by atoms with Crippen molar-refractivity contribution in [2.75, 3.05) is 13.3 Å². The van der Waals surface area contributed by atoms with Crippen molar-refractivity contribution >= 4 is 11.8 Å². The summed E-state index contributed by atoms with van der Waals surface area (Å²) in [5, 5.41) is 2.93. The minimum absolute atomic E-state index is 0.0393. The molecule has 3 rings (SSSR count). The van der Waals surface area contributed by atoms with Crippen molar-refractivity contribution in [3.05, 3.63) is 23.8 Å². The van der Waals surface area contributed by atoms with Crippen molar-refractivity contribution in [1.29, 1.82) is 0 Å². The Morgan fingerprint density at radius 1 is 1.12 bits per heavy atom. The second kappa shape index (κ2) is 8.92. The lowest BCUT2D eigenvalue weighted by Gasteiger charge is -2.30. The molecule has 2 aliphatic rings. The number of carbonyl (C=O) groups excluding carboxylic acids is 2. The molecule has 0 radical (unpaired) electrons. The van der Waals surface area contributed by atoms with Gasteiger partial charge in [0.25, 0.3) is 0 Å². The van der Waals surface area contributed by atoms with Crippen LogP contribution in [-0.4, -0.2) is 36.1 Å². The van der Waals surface area contributed by atoms with E-state index in [1.54, 1.807) is 6.92 Å². The Kier molecular flexibility index (Phi) is 6.36. The average Bonchev–Trinajstić information content (AvgIpc) is 2.93. The molecule has 0 aromatic heterocycles. The Labute approximate surface area is 154 Å². The first-order valence-corrected chi connectivity index (χ1v) is 9.56. The van der Waals surface area contributed by atoms with E-state index in [1.165, 1.54) is 25.7 Å². The maximum atomic E-state index is 12.2. The highest BCUT2D eigenvalue weighted by molar-refractivity contribution is 5.78. The van der Waals surface area contributed by atoms with Crippen LogP contribution in [0.1, 0.15) is 57.4 Å². The van der Waals surface area contributed by atoms with E-state index in [2.05, 4.69) is 5.32 Å².